The fraction of sp³-hybridized carbons (Fsp3) is 0.143. The molecular weight excluding hydrogens is 359 g/mol. The first-order chi connectivity index (χ1) is 9.08. The van der Waals surface area contributed by atoms with Crippen LogP contribution in [0.4, 0.5) is 0 Å². The van der Waals surface area contributed by atoms with Crippen molar-refractivity contribution in [3.8, 4) is 0 Å². The van der Waals surface area contributed by atoms with Crippen LogP contribution < -0.4 is 0 Å². The molecule has 0 atom stereocenters. The Labute approximate surface area is 125 Å². The lowest BCUT2D eigenvalue weighted by Gasteiger charge is -2.04. The third kappa shape index (κ3) is 4.86. The number of benzene rings is 1. The molecule has 0 saturated carbocycles. The van der Waals surface area contributed by atoms with Gasteiger partial charge in [0, 0.05) is 9.65 Å². The van der Waals surface area contributed by atoms with E-state index >= 15 is 0 Å². The molecule has 0 N–H and O–H groups in total. The van der Waals surface area contributed by atoms with Gasteiger partial charge in [0.1, 0.15) is 0 Å². The SMILES string of the molecule is COC(=O)/C=C\C=C(\C(=O)OC)c1ccc(I)cc1. The second-order valence-electron chi connectivity index (χ2n) is 3.46. The molecule has 1 rings (SSSR count). The lowest BCUT2D eigenvalue weighted by Crippen LogP contribution is -2.03. The fourth-order valence-corrected chi connectivity index (χ4v) is 1.67. The summed E-state index contributed by atoms with van der Waals surface area (Å²) in [5.74, 6) is -0.946. The molecule has 0 saturated heterocycles. The van der Waals surface area contributed by atoms with Crippen LogP contribution >= 0.6 is 22.6 Å². The van der Waals surface area contributed by atoms with Crippen LogP contribution in [0.3, 0.4) is 0 Å². The van der Waals surface area contributed by atoms with Gasteiger partial charge in [-0.3, -0.25) is 0 Å². The van der Waals surface area contributed by atoms with Crippen LogP contribution in [0.15, 0.2) is 42.5 Å². The van der Waals surface area contributed by atoms with Crippen molar-refractivity contribution < 1.29 is 19.1 Å². The summed E-state index contributed by atoms with van der Waals surface area (Å²) < 4.78 is 10.3. The molecule has 0 radical (unpaired) electrons. The number of halogens is 1. The van der Waals surface area contributed by atoms with E-state index in [0.29, 0.717) is 5.57 Å². The number of hydrogen-bond acceptors (Lipinski definition) is 4. The van der Waals surface area contributed by atoms with Crippen LogP contribution in [0.5, 0.6) is 0 Å². The van der Waals surface area contributed by atoms with Crippen LogP contribution in [0.25, 0.3) is 5.57 Å². The first-order valence-corrected chi connectivity index (χ1v) is 6.47. The van der Waals surface area contributed by atoms with Gasteiger partial charge in [0.25, 0.3) is 0 Å². The Bertz CT molecular complexity index is 515. The molecule has 0 aromatic heterocycles. The molecule has 0 aliphatic carbocycles. The van der Waals surface area contributed by atoms with E-state index < -0.39 is 11.9 Å². The maximum atomic E-state index is 11.7. The Morgan fingerprint density at radius 1 is 1.11 bits per heavy atom. The monoisotopic (exact) mass is 372 g/mol. The van der Waals surface area contributed by atoms with E-state index in [1.54, 1.807) is 0 Å². The molecule has 5 heteroatoms. The molecule has 0 aliphatic heterocycles. The van der Waals surface area contributed by atoms with Gasteiger partial charge in [-0.25, -0.2) is 9.59 Å². The minimum Gasteiger partial charge on any atom is -0.466 e. The smallest absolute Gasteiger partial charge is 0.338 e. The first kappa shape index (κ1) is 15.4. The van der Waals surface area contributed by atoms with Crippen molar-refractivity contribution in [1.29, 1.82) is 0 Å². The van der Waals surface area contributed by atoms with Crippen molar-refractivity contribution in [3.05, 3.63) is 51.6 Å². The van der Waals surface area contributed by atoms with Crippen LogP contribution in [-0.4, -0.2) is 26.2 Å². The maximum absolute atomic E-state index is 11.7. The first-order valence-electron chi connectivity index (χ1n) is 5.39. The molecule has 4 nitrogen and oxygen atoms in total. The van der Waals surface area contributed by atoms with Crippen LogP contribution in [0.2, 0.25) is 0 Å². The summed E-state index contributed by atoms with van der Waals surface area (Å²) in [6, 6.07) is 7.40. The summed E-state index contributed by atoms with van der Waals surface area (Å²) in [6.45, 7) is 0. The van der Waals surface area contributed by atoms with Crippen molar-refractivity contribution in [2.75, 3.05) is 14.2 Å². The normalized spacial score (nSPS) is 11.4. The van der Waals surface area contributed by atoms with E-state index in [1.165, 1.54) is 32.4 Å². The van der Waals surface area contributed by atoms with Gasteiger partial charge in [-0.05, 0) is 46.4 Å². The number of hydrogen-bond donors (Lipinski definition) is 0. The second-order valence-corrected chi connectivity index (χ2v) is 4.71. The van der Waals surface area contributed by atoms with Gasteiger partial charge in [-0.15, -0.1) is 0 Å². The zero-order valence-corrected chi connectivity index (χ0v) is 12.7. The molecule has 0 unspecified atom stereocenters. The number of methoxy groups -OCH3 is 2. The van der Waals surface area contributed by atoms with Gasteiger partial charge in [-0.2, -0.15) is 0 Å². The summed E-state index contributed by atoms with van der Waals surface area (Å²) in [6.07, 6.45) is 4.21. The Kier molecular flexibility index (Phi) is 6.27. The van der Waals surface area contributed by atoms with E-state index in [-0.39, 0.29) is 0 Å². The van der Waals surface area contributed by atoms with Gasteiger partial charge in [0.2, 0.25) is 0 Å². The molecular formula is C14H13IO4. The average Bonchev–Trinajstić information content (AvgIpc) is 2.43. The zero-order chi connectivity index (χ0) is 14.3. The molecule has 19 heavy (non-hydrogen) atoms. The molecule has 0 amide bonds. The average molecular weight is 372 g/mol. The molecule has 0 spiro atoms. The van der Waals surface area contributed by atoms with Gasteiger partial charge in [0.15, 0.2) is 0 Å². The molecule has 0 aliphatic rings. The van der Waals surface area contributed by atoms with E-state index in [1.807, 2.05) is 24.3 Å². The molecule has 1 aromatic rings. The second kappa shape index (κ2) is 7.73. The summed E-state index contributed by atoms with van der Waals surface area (Å²) in [5.41, 5.74) is 1.10. The summed E-state index contributed by atoms with van der Waals surface area (Å²) in [7, 11) is 2.60. The fourth-order valence-electron chi connectivity index (χ4n) is 1.31. The van der Waals surface area contributed by atoms with E-state index in [2.05, 4.69) is 27.3 Å². The zero-order valence-electron chi connectivity index (χ0n) is 10.6. The van der Waals surface area contributed by atoms with E-state index in [0.717, 1.165) is 9.13 Å². The Morgan fingerprint density at radius 3 is 2.26 bits per heavy atom. The predicted molar refractivity (Wildman–Crippen MR) is 80.3 cm³/mol. The summed E-state index contributed by atoms with van der Waals surface area (Å²) in [5, 5.41) is 0. The molecule has 0 bridgehead atoms. The van der Waals surface area contributed by atoms with Crippen LogP contribution in [-0.2, 0) is 19.1 Å². The molecule has 0 fully saturated rings. The van der Waals surface area contributed by atoms with Crippen LogP contribution in [0, 0.1) is 3.57 Å². The van der Waals surface area contributed by atoms with Crippen molar-refractivity contribution in [3.63, 3.8) is 0 Å². The highest BCUT2D eigenvalue weighted by atomic mass is 127. The highest BCUT2D eigenvalue weighted by Gasteiger charge is 2.11. The number of carbonyl (C=O) groups is 2. The number of rotatable bonds is 4. The molecule has 100 valence electrons. The molecule has 1 aromatic carbocycles. The van der Waals surface area contributed by atoms with Gasteiger partial charge >= 0.3 is 11.9 Å². The Balaban J connectivity index is 3.05. The Hall–Kier alpha value is -1.63. The third-order valence-electron chi connectivity index (χ3n) is 2.26. The summed E-state index contributed by atoms with van der Waals surface area (Å²) in [4.78, 5) is 22.7. The molecule has 0 heterocycles. The van der Waals surface area contributed by atoms with E-state index in [9.17, 15) is 9.59 Å². The van der Waals surface area contributed by atoms with Crippen molar-refractivity contribution >= 4 is 40.1 Å². The quantitative estimate of drug-likeness (QED) is 0.353. The lowest BCUT2D eigenvalue weighted by molar-refractivity contribution is -0.135. The minimum atomic E-state index is -0.483. The summed E-state index contributed by atoms with van der Waals surface area (Å²) >= 11 is 2.18. The minimum absolute atomic E-state index is 0.374. The van der Waals surface area contributed by atoms with Crippen molar-refractivity contribution in [2.24, 2.45) is 0 Å². The third-order valence-corrected chi connectivity index (χ3v) is 2.98. The largest absolute Gasteiger partial charge is 0.466 e. The van der Waals surface area contributed by atoms with Crippen molar-refractivity contribution in [1.82, 2.24) is 0 Å². The highest BCUT2D eigenvalue weighted by Crippen LogP contribution is 2.17. The van der Waals surface area contributed by atoms with Crippen LogP contribution in [0.1, 0.15) is 5.56 Å². The highest BCUT2D eigenvalue weighted by molar-refractivity contribution is 14.1. The predicted octanol–water partition coefficient (Wildman–Crippen LogP) is 2.58. The number of esters is 2. The number of allylic oxidation sites excluding steroid dienone is 2. The van der Waals surface area contributed by atoms with E-state index in [4.69, 9.17) is 4.74 Å². The number of carbonyl (C=O) groups excluding carboxylic acids is 2. The maximum Gasteiger partial charge on any atom is 0.338 e. The number of ether oxygens (including phenoxy) is 2. The Morgan fingerprint density at radius 2 is 1.74 bits per heavy atom. The van der Waals surface area contributed by atoms with Crippen molar-refractivity contribution in [2.45, 2.75) is 0 Å². The standard InChI is InChI=1S/C14H13IO4/c1-18-13(16)5-3-4-12(14(17)19-2)10-6-8-11(15)9-7-10/h3-9H,1-2H3/b5-3-,12-4+. The van der Waals surface area contributed by atoms with Gasteiger partial charge < -0.3 is 9.47 Å². The van der Waals surface area contributed by atoms with Gasteiger partial charge in [-0.1, -0.05) is 18.2 Å². The lowest BCUT2D eigenvalue weighted by atomic mass is 10.1. The van der Waals surface area contributed by atoms with Gasteiger partial charge in [0.05, 0.1) is 19.8 Å². The topological polar surface area (TPSA) is 52.6 Å².